The molecule has 0 unspecified atom stereocenters. The van der Waals surface area contributed by atoms with Gasteiger partial charge in [-0.1, -0.05) is 31.5 Å². The van der Waals surface area contributed by atoms with E-state index in [1.165, 1.54) is 11.1 Å². The van der Waals surface area contributed by atoms with Crippen molar-refractivity contribution in [1.82, 2.24) is 4.90 Å². The molecule has 0 aliphatic carbocycles. The van der Waals surface area contributed by atoms with Crippen molar-refractivity contribution in [3.63, 3.8) is 0 Å². The summed E-state index contributed by atoms with van der Waals surface area (Å²) in [6.07, 6.45) is 3.87. The number of hydrogen-bond donors (Lipinski definition) is 0. The van der Waals surface area contributed by atoms with Gasteiger partial charge in [-0.15, -0.1) is 0 Å². The van der Waals surface area contributed by atoms with Crippen LogP contribution in [0.25, 0.3) is 0 Å². The molecule has 0 radical (unpaired) electrons. The van der Waals surface area contributed by atoms with Gasteiger partial charge in [0.15, 0.2) is 0 Å². The highest BCUT2D eigenvalue weighted by atomic mass is 16.2. The van der Waals surface area contributed by atoms with Gasteiger partial charge in [-0.2, -0.15) is 0 Å². The SMILES string of the molecule is Cc1ccc2c(c1)CCCN2C(=O)[C@H]1CCCN(C(=O)C(C)C)C1. The van der Waals surface area contributed by atoms with E-state index >= 15 is 0 Å². The third kappa shape index (κ3) is 3.33. The Morgan fingerprint density at radius 2 is 1.96 bits per heavy atom. The number of fused-ring (bicyclic) bond motifs is 1. The Morgan fingerprint density at radius 3 is 2.71 bits per heavy atom. The molecule has 0 N–H and O–H groups in total. The number of nitrogens with zero attached hydrogens (tertiary/aromatic N) is 2. The van der Waals surface area contributed by atoms with Crippen molar-refractivity contribution in [3.05, 3.63) is 29.3 Å². The number of likely N-dealkylation sites (tertiary alicyclic amines) is 1. The van der Waals surface area contributed by atoms with Crippen molar-refractivity contribution in [2.24, 2.45) is 11.8 Å². The Kier molecular flexibility index (Phi) is 4.93. The summed E-state index contributed by atoms with van der Waals surface area (Å²) in [5.74, 6) is 0.300. The first-order chi connectivity index (χ1) is 11.5. The first-order valence-corrected chi connectivity index (χ1v) is 9.17. The summed E-state index contributed by atoms with van der Waals surface area (Å²) in [4.78, 5) is 29.3. The maximum Gasteiger partial charge on any atom is 0.231 e. The molecule has 24 heavy (non-hydrogen) atoms. The van der Waals surface area contributed by atoms with Crippen molar-refractivity contribution in [2.45, 2.75) is 46.5 Å². The van der Waals surface area contributed by atoms with Crippen LogP contribution in [0.3, 0.4) is 0 Å². The number of carbonyl (C=O) groups excluding carboxylic acids is 2. The third-order valence-corrected chi connectivity index (χ3v) is 5.20. The molecule has 2 aliphatic heterocycles. The summed E-state index contributed by atoms with van der Waals surface area (Å²) in [5.41, 5.74) is 3.60. The van der Waals surface area contributed by atoms with Crippen LogP contribution in [-0.4, -0.2) is 36.3 Å². The highest BCUT2D eigenvalue weighted by Crippen LogP contribution is 2.31. The van der Waals surface area contributed by atoms with E-state index in [9.17, 15) is 9.59 Å². The van der Waals surface area contributed by atoms with Crippen LogP contribution in [0.5, 0.6) is 0 Å². The second kappa shape index (κ2) is 6.96. The molecule has 0 aromatic heterocycles. The van der Waals surface area contributed by atoms with Gasteiger partial charge in [-0.3, -0.25) is 9.59 Å². The average Bonchev–Trinajstić information content (AvgIpc) is 2.59. The highest BCUT2D eigenvalue weighted by Gasteiger charge is 2.33. The lowest BCUT2D eigenvalue weighted by molar-refractivity contribution is -0.137. The molecule has 1 aromatic rings. The molecule has 130 valence electrons. The van der Waals surface area contributed by atoms with Gasteiger partial charge in [-0.25, -0.2) is 0 Å². The largest absolute Gasteiger partial charge is 0.342 e. The van der Waals surface area contributed by atoms with Gasteiger partial charge in [0, 0.05) is 31.2 Å². The Hall–Kier alpha value is -1.84. The highest BCUT2D eigenvalue weighted by molar-refractivity contribution is 5.96. The minimum Gasteiger partial charge on any atom is -0.342 e. The zero-order valence-corrected chi connectivity index (χ0v) is 15.0. The van der Waals surface area contributed by atoms with Crippen LogP contribution >= 0.6 is 0 Å². The first-order valence-electron chi connectivity index (χ1n) is 9.17. The van der Waals surface area contributed by atoms with Crippen LogP contribution in [0.4, 0.5) is 5.69 Å². The van der Waals surface area contributed by atoms with Crippen LogP contribution in [0.15, 0.2) is 18.2 Å². The predicted molar refractivity (Wildman–Crippen MR) is 96.0 cm³/mol. The van der Waals surface area contributed by atoms with Crippen LogP contribution in [-0.2, 0) is 16.0 Å². The molecule has 0 spiro atoms. The second-order valence-corrected chi connectivity index (χ2v) is 7.50. The zero-order chi connectivity index (χ0) is 17.3. The van der Waals surface area contributed by atoms with Gasteiger partial charge in [0.1, 0.15) is 0 Å². The van der Waals surface area contributed by atoms with Gasteiger partial charge in [0.25, 0.3) is 0 Å². The van der Waals surface area contributed by atoms with E-state index in [0.717, 1.165) is 44.5 Å². The number of carbonyl (C=O) groups is 2. The van der Waals surface area contributed by atoms with Crippen molar-refractivity contribution in [3.8, 4) is 0 Å². The molecular formula is C20H28N2O2. The summed E-state index contributed by atoms with van der Waals surface area (Å²) in [7, 11) is 0. The molecule has 2 amide bonds. The molecule has 1 saturated heterocycles. The number of anilines is 1. The lowest BCUT2D eigenvalue weighted by atomic mass is 9.93. The lowest BCUT2D eigenvalue weighted by Crippen LogP contribution is -2.48. The van der Waals surface area contributed by atoms with Crippen molar-refractivity contribution in [1.29, 1.82) is 0 Å². The standard InChI is InChI=1S/C20H28N2O2/c1-14(2)19(23)21-10-4-7-17(13-21)20(24)22-11-5-6-16-12-15(3)8-9-18(16)22/h8-9,12,14,17H,4-7,10-11,13H2,1-3H3/t17-/m0/s1. The van der Waals surface area contributed by atoms with E-state index in [-0.39, 0.29) is 23.7 Å². The Morgan fingerprint density at radius 1 is 1.17 bits per heavy atom. The van der Waals surface area contributed by atoms with Gasteiger partial charge < -0.3 is 9.80 Å². The summed E-state index contributed by atoms with van der Waals surface area (Å²) in [5, 5.41) is 0. The average molecular weight is 328 g/mol. The quantitative estimate of drug-likeness (QED) is 0.837. The second-order valence-electron chi connectivity index (χ2n) is 7.50. The van der Waals surface area contributed by atoms with Crippen molar-refractivity contribution >= 4 is 17.5 Å². The number of aryl methyl sites for hydroxylation is 2. The molecule has 4 heteroatoms. The van der Waals surface area contributed by atoms with Crippen molar-refractivity contribution in [2.75, 3.05) is 24.5 Å². The molecule has 1 fully saturated rings. The van der Waals surface area contributed by atoms with E-state index in [1.54, 1.807) is 0 Å². The summed E-state index contributed by atoms with van der Waals surface area (Å²) >= 11 is 0. The van der Waals surface area contributed by atoms with Crippen LogP contribution in [0, 0.1) is 18.8 Å². The molecule has 1 aromatic carbocycles. The number of piperidine rings is 1. The monoisotopic (exact) mass is 328 g/mol. The fraction of sp³-hybridized carbons (Fsp3) is 0.600. The zero-order valence-electron chi connectivity index (χ0n) is 15.0. The summed E-state index contributed by atoms with van der Waals surface area (Å²) < 4.78 is 0. The molecule has 4 nitrogen and oxygen atoms in total. The maximum absolute atomic E-state index is 13.1. The minimum absolute atomic E-state index is 0.00228. The lowest BCUT2D eigenvalue weighted by Gasteiger charge is -2.37. The fourth-order valence-corrected chi connectivity index (χ4v) is 3.92. The van der Waals surface area contributed by atoms with E-state index < -0.39 is 0 Å². The fourth-order valence-electron chi connectivity index (χ4n) is 3.92. The van der Waals surface area contributed by atoms with Crippen molar-refractivity contribution < 1.29 is 9.59 Å². The third-order valence-electron chi connectivity index (χ3n) is 5.20. The molecular weight excluding hydrogens is 300 g/mol. The van der Waals surface area contributed by atoms with E-state index in [2.05, 4.69) is 25.1 Å². The topological polar surface area (TPSA) is 40.6 Å². The number of rotatable bonds is 2. The van der Waals surface area contributed by atoms with Gasteiger partial charge in [-0.05, 0) is 44.2 Å². The number of amides is 2. The molecule has 2 heterocycles. The van der Waals surface area contributed by atoms with E-state index in [4.69, 9.17) is 0 Å². The first kappa shape index (κ1) is 17.0. The van der Waals surface area contributed by atoms with Gasteiger partial charge in [0.05, 0.1) is 5.92 Å². The Balaban J connectivity index is 1.76. The molecule has 0 saturated carbocycles. The molecule has 3 rings (SSSR count). The molecule has 2 aliphatic rings. The molecule has 1 atom stereocenters. The normalized spacial score (nSPS) is 20.9. The maximum atomic E-state index is 13.1. The summed E-state index contributed by atoms with van der Waals surface area (Å²) in [6.45, 7) is 8.11. The number of hydrogen-bond acceptors (Lipinski definition) is 2. The van der Waals surface area contributed by atoms with E-state index in [1.807, 2.05) is 23.6 Å². The predicted octanol–water partition coefficient (Wildman–Crippen LogP) is 3.17. The Bertz CT molecular complexity index is 639. The van der Waals surface area contributed by atoms with Gasteiger partial charge in [0.2, 0.25) is 11.8 Å². The number of benzene rings is 1. The van der Waals surface area contributed by atoms with Crippen LogP contribution in [0.2, 0.25) is 0 Å². The van der Waals surface area contributed by atoms with Crippen LogP contribution in [0.1, 0.15) is 44.2 Å². The van der Waals surface area contributed by atoms with Gasteiger partial charge >= 0.3 is 0 Å². The van der Waals surface area contributed by atoms with Crippen LogP contribution < -0.4 is 4.90 Å². The molecule has 0 bridgehead atoms. The van der Waals surface area contributed by atoms with E-state index in [0.29, 0.717) is 6.54 Å². The minimum atomic E-state index is -0.0614. The summed E-state index contributed by atoms with van der Waals surface area (Å²) in [6, 6.07) is 6.37. The smallest absolute Gasteiger partial charge is 0.231 e. The Labute approximate surface area is 144 Å².